The number of allylic oxidation sites excluding steroid dienone is 22. The predicted octanol–water partition coefficient (Wildman–Crippen LogP) is 22.5. The maximum atomic E-state index is 12.9. The first-order valence-corrected chi connectivity index (χ1v) is 32.7. The first-order valence-electron chi connectivity index (χ1n) is 32.7. The molecule has 0 N–H and O–H groups in total. The molecule has 0 bridgehead atoms. The van der Waals surface area contributed by atoms with Gasteiger partial charge in [-0.2, -0.15) is 0 Å². The van der Waals surface area contributed by atoms with Crippen molar-refractivity contribution in [1.29, 1.82) is 0 Å². The van der Waals surface area contributed by atoms with Gasteiger partial charge in [0.15, 0.2) is 6.10 Å². The lowest BCUT2D eigenvalue weighted by Gasteiger charge is -2.18. The summed E-state index contributed by atoms with van der Waals surface area (Å²) in [6, 6.07) is 0. The smallest absolute Gasteiger partial charge is 0.306 e. The summed E-state index contributed by atoms with van der Waals surface area (Å²) in [6.45, 7) is 6.37. The molecule has 448 valence electrons. The first-order chi connectivity index (χ1) is 39.0. The number of carbonyl (C=O) groups is 3. The van der Waals surface area contributed by atoms with Crippen molar-refractivity contribution in [2.24, 2.45) is 0 Å². The largest absolute Gasteiger partial charge is 0.462 e. The fourth-order valence-electron chi connectivity index (χ4n) is 8.79. The summed E-state index contributed by atoms with van der Waals surface area (Å²) >= 11 is 0. The van der Waals surface area contributed by atoms with Crippen molar-refractivity contribution in [3.63, 3.8) is 0 Å². The quantitative estimate of drug-likeness (QED) is 0.0261. The predicted molar refractivity (Wildman–Crippen MR) is 343 cm³/mol. The van der Waals surface area contributed by atoms with Crippen LogP contribution < -0.4 is 0 Å². The van der Waals surface area contributed by atoms with Crippen LogP contribution in [0.25, 0.3) is 0 Å². The summed E-state index contributed by atoms with van der Waals surface area (Å²) in [7, 11) is 0. The van der Waals surface area contributed by atoms with Crippen LogP contribution in [0.4, 0.5) is 0 Å². The van der Waals surface area contributed by atoms with Crippen LogP contribution in [0.15, 0.2) is 134 Å². The Balaban J connectivity index is 4.42. The lowest BCUT2D eigenvalue weighted by molar-refractivity contribution is -0.167. The van der Waals surface area contributed by atoms with E-state index in [0.29, 0.717) is 19.3 Å². The van der Waals surface area contributed by atoms with Crippen molar-refractivity contribution in [3.8, 4) is 0 Å². The third-order valence-electron chi connectivity index (χ3n) is 13.6. The molecule has 0 rings (SSSR count). The fraction of sp³-hybridized carbons (Fsp3) is 0.658. The Labute approximate surface area is 487 Å². The summed E-state index contributed by atoms with van der Waals surface area (Å²) in [6.07, 6.45) is 93.1. The van der Waals surface area contributed by atoms with Gasteiger partial charge in [0.05, 0.1) is 0 Å². The van der Waals surface area contributed by atoms with Crippen LogP contribution >= 0.6 is 0 Å². The van der Waals surface area contributed by atoms with Crippen molar-refractivity contribution >= 4 is 17.9 Å². The van der Waals surface area contributed by atoms with Crippen LogP contribution in [0.2, 0.25) is 0 Å². The minimum Gasteiger partial charge on any atom is -0.462 e. The van der Waals surface area contributed by atoms with Crippen LogP contribution in [-0.2, 0) is 28.6 Å². The molecule has 0 saturated heterocycles. The zero-order valence-corrected chi connectivity index (χ0v) is 51.3. The molecule has 6 nitrogen and oxygen atoms in total. The van der Waals surface area contributed by atoms with Gasteiger partial charge in [-0.05, 0) is 135 Å². The Hall–Kier alpha value is -4.45. The lowest BCUT2D eigenvalue weighted by Crippen LogP contribution is -2.30. The van der Waals surface area contributed by atoms with E-state index in [9.17, 15) is 14.4 Å². The van der Waals surface area contributed by atoms with Crippen LogP contribution in [0.1, 0.15) is 290 Å². The van der Waals surface area contributed by atoms with Gasteiger partial charge in [-0.15, -0.1) is 0 Å². The number of unbranched alkanes of at least 4 members (excludes halogenated alkanes) is 25. The van der Waals surface area contributed by atoms with Gasteiger partial charge < -0.3 is 14.2 Å². The minimum absolute atomic E-state index is 0.0995. The van der Waals surface area contributed by atoms with Crippen molar-refractivity contribution in [3.05, 3.63) is 134 Å². The van der Waals surface area contributed by atoms with Gasteiger partial charge in [0.2, 0.25) is 0 Å². The average Bonchev–Trinajstić information content (AvgIpc) is 3.45. The molecule has 0 heterocycles. The van der Waals surface area contributed by atoms with E-state index in [1.165, 1.54) is 122 Å². The third-order valence-corrected chi connectivity index (χ3v) is 13.6. The summed E-state index contributed by atoms with van der Waals surface area (Å²) in [5.74, 6) is -0.949. The standard InChI is InChI=1S/C73H120O6/c1-4-7-10-13-16-19-22-25-28-30-32-34-35-36-37-39-40-42-45-48-51-54-57-60-63-66-72(75)78-69-70(68-77-71(74)65-62-59-56-53-50-47-44-27-24-21-18-15-12-9-6-3)79-73(76)67-64-61-58-55-52-49-46-43-41-38-33-31-29-26-23-20-17-14-11-8-5-2/h7,9-10,12,16,18-19,21,23,25-28,31-34,36-37,44,50,53,70H,4-6,8,11,13-15,17,20,22,24,29-30,35,38-43,45-49,51-52,54-69H2,1-3H3/b10-7-,12-9-,19-16-,21-18-,26-23-,28-25-,33-31-,34-32-,37-36-,44-27-,53-50-. The maximum Gasteiger partial charge on any atom is 0.306 e. The van der Waals surface area contributed by atoms with Crippen LogP contribution in [-0.4, -0.2) is 37.2 Å². The Morgan fingerprint density at radius 3 is 0.797 bits per heavy atom. The van der Waals surface area contributed by atoms with E-state index in [4.69, 9.17) is 14.2 Å². The van der Waals surface area contributed by atoms with Gasteiger partial charge >= 0.3 is 17.9 Å². The van der Waals surface area contributed by atoms with Crippen LogP contribution in [0, 0.1) is 0 Å². The van der Waals surface area contributed by atoms with E-state index in [1.807, 2.05) is 0 Å². The number of ether oxygens (including phenoxy) is 3. The third kappa shape index (κ3) is 64.3. The van der Waals surface area contributed by atoms with Crippen molar-refractivity contribution in [2.75, 3.05) is 13.2 Å². The van der Waals surface area contributed by atoms with Crippen molar-refractivity contribution < 1.29 is 28.6 Å². The second-order valence-electron chi connectivity index (χ2n) is 21.3. The number of carbonyl (C=O) groups excluding carboxylic acids is 3. The summed E-state index contributed by atoms with van der Waals surface area (Å²) in [4.78, 5) is 38.4. The second kappa shape index (κ2) is 66.1. The molecular formula is C73H120O6. The highest BCUT2D eigenvalue weighted by atomic mass is 16.6. The zero-order chi connectivity index (χ0) is 57.1. The van der Waals surface area contributed by atoms with Crippen molar-refractivity contribution in [1.82, 2.24) is 0 Å². The van der Waals surface area contributed by atoms with E-state index < -0.39 is 6.10 Å². The van der Waals surface area contributed by atoms with Crippen LogP contribution in [0.5, 0.6) is 0 Å². The molecule has 0 aliphatic rings. The Morgan fingerprint density at radius 1 is 0.266 bits per heavy atom. The van der Waals surface area contributed by atoms with E-state index in [0.717, 1.165) is 128 Å². The Kier molecular flexibility index (Phi) is 62.3. The number of hydrogen-bond donors (Lipinski definition) is 0. The zero-order valence-electron chi connectivity index (χ0n) is 51.3. The van der Waals surface area contributed by atoms with E-state index in [-0.39, 0.29) is 31.1 Å². The first kappa shape index (κ1) is 74.5. The Morgan fingerprint density at radius 2 is 0.494 bits per heavy atom. The average molecular weight is 1090 g/mol. The molecule has 6 heteroatoms. The molecule has 0 aromatic heterocycles. The summed E-state index contributed by atoms with van der Waals surface area (Å²) in [5, 5.41) is 0. The number of rotatable bonds is 58. The van der Waals surface area contributed by atoms with E-state index in [2.05, 4.69) is 154 Å². The molecule has 0 saturated carbocycles. The van der Waals surface area contributed by atoms with E-state index in [1.54, 1.807) is 0 Å². The molecule has 0 aromatic rings. The van der Waals surface area contributed by atoms with Crippen molar-refractivity contribution in [2.45, 2.75) is 297 Å². The Bertz CT molecular complexity index is 1680. The monoisotopic (exact) mass is 1090 g/mol. The highest BCUT2D eigenvalue weighted by Crippen LogP contribution is 2.15. The number of hydrogen-bond acceptors (Lipinski definition) is 6. The molecule has 0 spiro atoms. The molecule has 0 fully saturated rings. The van der Waals surface area contributed by atoms with Gasteiger partial charge in [-0.1, -0.05) is 270 Å². The molecule has 1 atom stereocenters. The maximum absolute atomic E-state index is 12.9. The molecule has 0 aliphatic carbocycles. The molecule has 0 radical (unpaired) electrons. The SMILES string of the molecule is CC/C=C\C/C=C\C/C=C\C/C=C\C/C=C\CCCCCCCCCCCC(=O)OCC(COC(=O)CCCC/C=C\C/C=C\C/C=C\C/C=C\CC)OC(=O)CCCCCCCCCCC/C=C\C/C=C\CCCCCCC. The normalized spacial score (nSPS) is 13.0. The highest BCUT2D eigenvalue weighted by Gasteiger charge is 2.19. The summed E-state index contributed by atoms with van der Waals surface area (Å²) < 4.78 is 16.9. The second-order valence-corrected chi connectivity index (χ2v) is 21.3. The fourth-order valence-corrected chi connectivity index (χ4v) is 8.79. The topological polar surface area (TPSA) is 78.9 Å². The van der Waals surface area contributed by atoms with Gasteiger partial charge in [-0.3, -0.25) is 14.4 Å². The molecule has 0 amide bonds. The molecule has 0 aromatic carbocycles. The summed E-state index contributed by atoms with van der Waals surface area (Å²) in [5.41, 5.74) is 0. The van der Waals surface area contributed by atoms with Gasteiger partial charge in [-0.25, -0.2) is 0 Å². The molecule has 0 aliphatic heterocycles. The minimum atomic E-state index is -0.806. The molecule has 1 unspecified atom stereocenters. The molecule has 79 heavy (non-hydrogen) atoms. The van der Waals surface area contributed by atoms with E-state index >= 15 is 0 Å². The van der Waals surface area contributed by atoms with Gasteiger partial charge in [0, 0.05) is 19.3 Å². The van der Waals surface area contributed by atoms with Gasteiger partial charge in [0.25, 0.3) is 0 Å². The molecular weight excluding hydrogens is 973 g/mol. The highest BCUT2D eigenvalue weighted by molar-refractivity contribution is 5.71. The van der Waals surface area contributed by atoms with Gasteiger partial charge in [0.1, 0.15) is 13.2 Å². The lowest BCUT2D eigenvalue weighted by atomic mass is 10.1. The number of esters is 3. The van der Waals surface area contributed by atoms with Crippen LogP contribution in [0.3, 0.4) is 0 Å².